The van der Waals surface area contributed by atoms with Gasteiger partial charge in [-0.25, -0.2) is 0 Å². The van der Waals surface area contributed by atoms with Gasteiger partial charge in [0.15, 0.2) is 0 Å². The number of nitrogens with zero attached hydrogens (tertiary/aromatic N) is 2. The summed E-state index contributed by atoms with van der Waals surface area (Å²) in [6, 6.07) is 1.72. The van der Waals surface area contributed by atoms with E-state index in [1.165, 1.54) is 5.56 Å². The van der Waals surface area contributed by atoms with Crippen molar-refractivity contribution in [2.24, 2.45) is 0 Å². The highest BCUT2D eigenvalue weighted by Gasteiger charge is 2.12. The lowest BCUT2D eigenvalue weighted by atomic mass is 10.1. The first kappa shape index (κ1) is 15.6. The SMILES string of the molecule is CCCn1cc(Cl)cc1C(=O)NCCCc1cn[nH]c1C. The minimum absolute atomic E-state index is 0.0701. The van der Waals surface area contributed by atoms with E-state index in [4.69, 9.17) is 11.6 Å². The molecule has 1 amide bonds. The average molecular weight is 309 g/mol. The Morgan fingerprint density at radius 3 is 3.00 bits per heavy atom. The lowest BCUT2D eigenvalue weighted by molar-refractivity contribution is 0.0944. The average Bonchev–Trinajstić information content (AvgIpc) is 3.01. The fourth-order valence-electron chi connectivity index (χ4n) is 2.29. The van der Waals surface area contributed by atoms with Crippen molar-refractivity contribution in [3.63, 3.8) is 0 Å². The van der Waals surface area contributed by atoms with Gasteiger partial charge in [0.2, 0.25) is 0 Å². The molecule has 0 aliphatic heterocycles. The molecule has 5 nitrogen and oxygen atoms in total. The van der Waals surface area contributed by atoms with Crippen LogP contribution in [0.2, 0.25) is 5.02 Å². The number of aromatic nitrogens is 3. The highest BCUT2D eigenvalue weighted by atomic mass is 35.5. The lowest BCUT2D eigenvalue weighted by Crippen LogP contribution is -2.27. The van der Waals surface area contributed by atoms with Crippen molar-refractivity contribution >= 4 is 17.5 Å². The molecule has 2 N–H and O–H groups in total. The van der Waals surface area contributed by atoms with Crippen LogP contribution in [-0.2, 0) is 13.0 Å². The van der Waals surface area contributed by atoms with E-state index in [1.807, 2.05) is 17.7 Å². The summed E-state index contributed by atoms with van der Waals surface area (Å²) < 4.78 is 1.90. The molecule has 0 saturated heterocycles. The van der Waals surface area contributed by atoms with Crippen molar-refractivity contribution in [2.45, 2.75) is 39.7 Å². The number of hydrogen-bond donors (Lipinski definition) is 2. The molecular weight excluding hydrogens is 288 g/mol. The Labute approximate surface area is 129 Å². The van der Waals surface area contributed by atoms with Gasteiger partial charge in [-0.3, -0.25) is 9.89 Å². The Hall–Kier alpha value is -1.75. The van der Waals surface area contributed by atoms with Gasteiger partial charge in [0.25, 0.3) is 5.91 Å². The third-order valence-corrected chi connectivity index (χ3v) is 3.61. The van der Waals surface area contributed by atoms with Crippen LogP contribution in [0.1, 0.15) is 41.5 Å². The summed E-state index contributed by atoms with van der Waals surface area (Å²) >= 11 is 5.98. The topological polar surface area (TPSA) is 62.7 Å². The van der Waals surface area contributed by atoms with E-state index < -0.39 is 0 Å². The van der Waals surface area contributed by atoms with Gasteiger partial charge in [0, 0.05) is 25.0 Å². The van der Waals surface area contributed by atoms with E-state index in [0.717, 1.165) is 31.5 Å². The van der Waals surface area contributed by atoms with Crippen LogP contribution < -0.4 is 5.32 Å². The molecule has 0 atom stereocenters. The third kappa shape index (κ3) is 4.11. The van der Waals surface area contributed by atoms with Gasteiger partial charge >= 0.3 is 0 Å². The van der Waals surface area contributed by atoms with E-state index in [2.05, 4.69) is 22.4 Å². The summed E-state index contributed by atoms with van der Waals surface area (Å²) in [6.45, 7) is 5.51. The molecule has 0 unspecified atom stereocenters. The summed E-state index contributed by atoms with van der Waals surface area (Å²) in [5.74, 6) is -0.0701. The van der Waals surface area contributed by atoms with E-state index in [1.54, 1.807) is 12.3 Å². The molecule has 114 valence electrons. The number of nitrogens with one attached hydrogen (secondary N) is 2. The number of H-pyrrole nitrogens is 1. The number of amides is 1. The monoisotopic (exact) mass is 308 g/mol. The molecule has 0 aliphatic carbocycles. The third-order valence-electron chi connectivity index (χ3n) is 3.40. The molecule has 0 aromatic carbocycles. The van der Waals surface area contributed by atoms with Gasteiger partial charge in [-0.1, -0.05) is 18.5 Å². The summed E-state index contributed by atoms with van der Waals surface area (Å²) in [5, 5.41) is 10.4. The molecule has 0 radical (unpaired) electrons. The second-order valence-electron chi connectivity index (χ2n) is 5.12. The second-order valence-corrected chi connectivity index (χ2v) is 5.55. The fourth-order valence-corrected chi connectivity index (χ4v) is 2.51. The molecule has 2 aromatic heterocycles. The lowest BCUT2D eigenvalue weighted by Gasteiger charge is -2.08. The molecule has 2 heterocycles. The van der Waals surface area contributed by atoms with E-state index >= 15 is 0 Å². The summed E-state index contributed by atoms with van der Waals surface area (Å²) in [7, 11) is 0. The first-order valence-corrected chi connectivity index (χ1v) is 7.62. The molecule has 2 aromatic rings. The molecular formula is C15H21ClN4O. The second kappa shape index (κ2) is 7.31. The molecule has 21 heavy (non-hydrogen) atoms. The quantitative estimate of drug-likeness (QED) is 0.772. The van der Waals surface area contributed by atoms with Crippen molar-refractivity contribution in [1.29, 1.82) is 0 Å². The normalized spacial score (nSPS) is 10.8. The van der Waals surface area contributed by atoms with Crippen LogP contribution in [0.4, 0.5) is 0 Å². The summed E-state index contributed by atoms with van der Waals surface area (Å²) in [5.41, 5.74) is 2.91. The number of aryl methyl sites for hydroxylation is 3. The van der Waals surface area contributed by atoms with E-state index in [9.17, 15) is 4.79 Å². The maximum Gasteiger partial charge on any atom is 0.267 e. The van der Waals surface area contributed by atoms with Gasteiger partial charge in [-0.2, -0.15) is 5.10 Å². The van der Waals surface area contributed by atoms with Crippen molar-refractivity contribution in [2.75, 3.05) is 6.54 Å². The number of carbonyl (C=O) groups excluding carboxylic acids is 1. The first-order chi connectivity index (χ1) is 10.1. The minimum atomic E-state index is -0.0701. The van der Waals surface area contributed by atoms with Gasteiger partial charge in [0.1, 0.15) is 5.69 Å². The van der Waals surface area contributed by atoms with Gasteiger partial charge < -0.3 is 9.88 Å². The predicted molar refractivity (Wildman–Crippen MR) is 83.7 cm³/mol. The number of rotatable bonds is 7. The summed E-state index contributed by atoms with van der Waals surface area (Å²) in [4.78, 5) is 12.2. The maximum absolute atomic E-state index is 12.2. The Morgan fingerprint density at radius 1 is 1.52 bits per heavy atom. The van der Waals surface area contributed by atoms with Crippen LogP contribution in [0.15, 0.2) is 18.5 Å². The first-order valence-electron chi connectivity index (χ1n) is 7.24. The number of carbonyl (C=O) groups is 1. The zero-order valence-corrected chi connectivity index (χ0v) is 13.2. The van der Waals surface area contributed by atoms with Gasteiger partial charge in [-0.15, -0.1) is 0 Å². The van der Waals surface area contributed by atoms with Crippen molar-refractivity contribution < 1.29 is 4.79 Å². The Kier molecular flexibility index (Phi) is 5.44. The molecule has 0 saturated carbocycles. The van der Waals surface area contributed by atoms with Crippen molar-refractivity contribution in [3.05, 3.63) is 40.4 Å². The fraction of sp³-hybridized carbons (Fsp3) is 0.467. The van der Waals surface area contributed by atoms with E-state index in [0.29, 0.717) is 17.3 Å². The number of hydrogen-bond acceptors (Lipinski definition) is 2. The molecule has 0 fully saturated rings. The highest BCUT2D eigenvalue weighted by Crippen LogP contribution is 2.14. The zero-order valence-electron chi connectivity index (χ0n) is 12.4. The number of aromatic amines is 1. The Balaban J connectivity index is 1.83. The van der Waals surface area contributed by atoms with E-state index in [-0.39, 0.29) is 5.91 Å². The van der Waals surface area contributed by atoms with Gasteiger partial charge in [0.05, 0.1) is 11.2 Å². The van der Waals surface area contributed by atoms with Crippen LogP contribution in [0.5, 0.6) is 0 Å². The van der Waals surface area contributed by atoms with Crippen LogP contribution in [0.3, 0.4) is 0 Å². The van der Waals surface area contributed by atoms with Gasteiger partial charge in [-0.05, 0) is 37.8 Å². The molecule has 0 spiro atoms. The number of halogens is 1. The molecule has 2 rings (SSSR count). The smallest absolute Gasteiger partial charge is 0.267 e. The zero-order chi connectivity index (χ0) is 15.2. The Bertz CT molecular complexity index is 603. The van der Waals surface area contributed by atoms with Crippen LogP contribution in [0, 0.1) is 6.92 Å². The molecule has 0 bridgehead atoms. The molecule has 6 heteroatoms. The standard InChI is InChI=1S/C15H21ClN4O/c1-3-7-20-10-13(16)8-14(20)15(21)17-6-4-5-12-9-18-19-11(12)2/h8-10H,3-7H2,1-2H3,(H,17,21)(H,18,19). The maximum atomic E-state index is 12.2. The highest BCUT2D eigenvalue weighted by molar-refractivity contribution is 6.31. The van der Waals surface area contributed by atoms with Crippen LogP contribution in [0.25, 0.3) is 0 Å². The van der Waals surface area contributed by atoms with Crippen molar-refractivity contribution in [3.8, 4) is 0 Å². The molecule has 0 aliphatic rings. The largest absolute Gasteiger partial charge is 0.351 e. The minimum Gasteiger partial charge on any atom is -0.351 e. The Morgan fingerprint density at radius 2 is 2.33 bits per heavy atom. The van der Waals surface area contributed by atoms with Crippen LogP contribution in [-0.4, -0.2) is 27.2 Å². The predicted octanol–water partition coefficient (Wildman–Crippen LogP) is 2.95. The van der Waals surface area contributed by atoms with Crippen LogP contribution >= 0.6 is 11.6 Å². The summed E-state index contributed by atoms with van der Waals surface area (Å²) in [6.07, 6.45) is 6.39. The van der Waals surface area contributed by atoms with Crippen molar-refractivity contribution in [1.82, 2.24) is 20.1 Å².